The van der Waals surface area contributed by atoms with Crippen molar-refractivity contribution in [3.05, 3.63) is 71.8 Å². The number of carbonyl (C=O) groups is 2. The highest BCUT2D eigenvalue weighted by Gasteiger charge is 2.56. The zero-order chi connectivity index (χ0) is 18.1. The lowest BCUT2D eigenvalue weighted by Gasteiger charge is -2.22. The van der Waals surface area contributed by atoms with E-state index in [0.717, 1.165) is 11.1 Å². The predicted octanol–water partition coefficient (Wildman–Crippen LogP) is 2.92. The lowest BCUT2D eigenvalue weighted by Crippen LogP contribution is -2.34. The first-order chi connectivity index (χ1) is 12.7. The molecule has 0 spiro atoms. The van der Waals surface area contributed by atoms with Gasteiger partial charge in [-0.25, -0.2) is 0 Å². The molecule has 4 rings (SSSR count). The topological polar surface area (TPSA) is 55.8 Å². The second-order valence-electron chi connectivity index (χ2n) is 6.83. The number of hydrogen-bond donors (Lipinski definition) is 0. The van der Waals surface area contributed by atoms with Crippen LogP contribution >= 0.6 is 0 Å². The molecule has 2 aliphatic heterocycles. The minimum atomic E-state index is -0.810. The fraction of sp³-hybridized carbons (Fsp3) is 0.333. The van der Waals surface area contributed by atoms with Crippen LogP contribution in [0.25, 0.3) is 0 Å². The minimum absolute atomic E-state index is 0.150. The molecule has 2 saturated heterocycles. The molecule has 26 heavy (non-hydrogen) atoms. The molecule has 5 nitrogen and oxygen atoms in total. The smallest absolute Gasteiger partial charge is 0.319 e. The number of rotatable bonds is 4. The summed E-state index contributed by atoms with van der Waals surface area (Å²) in [7, 11) is 0. The van der Waals surface area contributed by atoms with Crippen LogP contribution in [0.4, 0.5) is 0 Å². The summed E-state index contributed by atoms with van der Waals surface area (Å²) in [5.41, 5.74) is 1.92. The molecular weight excluding hydrogens is 330 g/mol. The molecule has 2 aliphatic rings. The quantitative estimate of drug-likeness (QED) is 0.628. The molecule has 0 N–H and O–H groups in total. The molecule has 0 bridgehead atoms. The SMILES string of the molecule is C[C@H]1[C@@H](C(=O)OCc2ccccc2)C(=O)N2[C@@H](c3ccccc3)CO[C@H]12. The third-order valence-corrected chi connectivity index (χ3v) is 5.19. The van der Waals surface area contributed by atoms with Gasteiger partial charge in [-0.2, -0.15) is 0 Å². The molecule has 0 radical (unpaired) electrons. The molecule has 5 heteroatoms. The monoisotopic (exact) mass is 351 g/mol. The van der Waals surface area contributed by atoms with Gasteiger partial charge in [0.15, 0.2) is 0 Å². The molecular formula is C21H21NO4. The van der Waals surface area contributed by atoms with E-state index in [-0.39, 0.29) is 30.7 Å². The van der Waals surface area contributed by atoms with E-state index in [1.807, 2.05) is 67.6 Å². The van der Waals surface area contributed by atoms with Gasteiger partial charge >= 0.3 is 5.97 Å². The number of carbonyl (C=O) groups excluding carboxylic acids is 2. The average Bonchev–Trinajstić information content (AvgIpc) is 3.22. The summed E-state index contributed by atoms with van der Waals surface area (Å²) in [6, 6.07) is 19.1. The molecule has 0 unspecified atom stereocenters. The Morgan fingerprint density at radius 2 is 1.77 bits per heavy atom. The van der Waals surface area contributed by atoms with E-state index in [1.54, 1.807) is 4.90 Å². The summed E-state index contributed by atoms with van der Waals surface area (Å²) in [6.07, 6.45) is -0.373. The molecule has 2 fully saturated rings. The van der Waals surface area contributed by atoms with Gasteiger partial charge in [0.1, 0.15) is 18.8 Å². The zero-order valence-electron chi connectivity index (χ0n) is 14.6. The highest BCUT2D eigenvalue weighted by molar-refractivity contribution is 6.00. The maximum absolute atomic E-state index is 13.0. The summed E-state index contributed by atoms with van der Waals surface area (Å²) in [5, 5.41) is 0. The van der Waals surface area contributed by atoms with E-state index in [1.165, 1.54) is 0 Å². The van der Waals surface area contributed by atoms with Crippen molar-refractivity contribution >= 4 is 11.9 Å². The first kappa shape index (κ1) is 16.8. The highest BCUT2D eigenvalue weighted by Crippen LogP contribution is 2.43. The Morgan fingerprint density at radius 3 is 2.46 bits per heavy atom. The Labute approximate surface area is 152 Å². The fourth-order valence-electron chi connectivity index (χ4n) is 3.83. The number of ether oxygens (including phenoxy) is 2. The van der Waals surface area contributed by atoms with Crippen LogP contribution in [0.15, 0.2) is 60.7 Å². The Bertz CT molecular complexity index is 792. The maximum Gasteiger partial charge on any atom is 0.319 e. The molecule has 0 saturated carbocycles. The van der Waals surface area contributed by atoms with E-state index in [9.17, 15) is 9.59 Å². The molecule has 2 heterocycles. The number of amides is 1. The molecule has 0 aromatic heterocycles. The third-order valence-electron chi connectivity index (χ3n) is 5.19. The molecule has 0 aliphatic carbocycles. The van der Waals surface area contributed by atoms with Gasteiger partial charge in [0, 0.05) is 5.92 Å². The van der Waals surface area contributed by atoms with E-state index < -0.39 is 11.9 Å². The van der Waals surface area contributed by atoms with Crippen LogP contribution < -0.4 is 0 Å². The Hall–Kier alpha value is -2.66. The van der Waals surface area contributed by atoms with Crippen molar-refractivity contribution in [1.82, 2.24) is 4.90 Å². The summed E-state index contributed by atoms with van der Waals surface area (Å²) >= 11 is 0. The molecule has 2 aromatic carbocycles. The van der Waals surface area contributed by atoms with Crippen molar-refractivity contribution in [3.8, 4) is 0 Å². The van der Waals surface area contributed by atoms with Gasteiger partial charge in [-0.3, -0.25) is 9.59 Å². The molecule has 1 amide bonds. The van der Waals surface area contributed by atoms with Crippen molar-refractivity contribution in [3.63, 3.8) is 0 Å². The number of nitrogens with zero attached hydrogens (tertiary/aromatic N) is 1. The van der Waals surface area contributed by atoms with Gasteiger partial charge in [0.2, 0.25) is 5.91 Å². The highest BCUT2D eigenvalue weighted by atomic mass is 16.5. The van der Waals surface area contributed by atoms with Crippen molar-refractivity contribution in [1.29, 1.82) is 0 Å². The Kier molecular flexibility index (Phi) is 4.47. The van der Waals surface area contributed by atoms with E-state index in [0.29, 0.717) is 6.61 Å². The van der Waals surface area contributed by atoms with Crippen LogP contribution in [0.1, 0.15) is 24.1 Å². The minimum Gasteiger partial charge on any atom is -0.460 e. The van der Waals surface area contributed by atoms with Gasteiger partial charge in [0.25, 0.3) is 0 Å². The first-order valence-corrected chi connectivity index (χ1v) is 8.86. The normalized spacial score (nSPS) is 27.4. The van der Waals surface area contributed by atoms with Gasteiger partial charge in [-0.15, -0.1) is 0 Å². The summed E-state index contributed by atoms with van der Waals surface area (Å²) in [6.45, 7) is 2.50. The van der Waals surface area contributed by atoms with Gasteiger partial charge in [-0.05, 0) is 11.1 Å². The van der Waals surface area contributed by atoms with Gasteiger partial charge in [0.05, 0.1) is 12.6 Å². The Balaban J connectivity index is 1.49. The lowest BCUT2D eigenvalue weighted by molar-refractivity contribution is -0.155. The third kappa shape index (κ3) is 2.88. The second kappa shape index (κ2) is 6.92. The Morgan fingerprint density at radius 1 is 1.12 bits per heavy atom. The van der Waals surface area contributed by atoms with E-state index in [2.05, 4.69) is 0 Å². The number of benzene rings is 2. The maximum atomic E-state index is 13.0. The van der Waals surface area contributed by atoms with Crippen LogP contribution in [-0.4, -0.2) is 29.6 Å². The summed E-state index contributed by atoms with van der Waals surface area (Å²) in [4.78, 5) is 27.3. The van der Waals surface area contributed by atoms with Crippen molar-refractivity contribution < 1.29 is 19.1 Å². The second-order valence-corrected chi connectivity index (χ2v) is 6.83. The van der Waals surface area contributed by atoms with Gasteiger partial charge in [-0.1, -0.05) is 67.6 Å². The fourth-order valence-corrected chi connectivity index (χ4v) is 3.83. The predicted molar refractivity (Wildman–Crippen MR) is 94.7 cm³/mol. The lowest BCUT2D eigenvalue weighted by atomic mass is 9.96. The average molecular weight is 351 g/mol. The van der Waals surface area contributed by atoms with E-state index >= 15 is 0 Å². The van der Waals surface area contributed by atoms with Crippen LogP contribution in [0.3, 0.4) is 0 Å². The van der Waals surface area contributed by atoms with Crippen LogP contribution in [0, 0.1) is 11.8 Å². The first-order valence-electron chi connectivity index (χ1n) is 8.86. The number of fused-ring (bicyclic) bond motifs is 1. The zero-order valence-corrected chi connectivity index (χ0v) is 14.6. The summed E-state index contributed by atoms with van der Waals surface area (Å²) in [5.74, 6) is -1.72. The standard InChI is InChI=1S/C21H21NO4/c1-14-18(21(24)26-12-15-8-4-2-5-9-15)19(23)22-17(13-25-20(14)22)16-10-6-3-7-11-16/h2-11,14,17-18,20H,12-13H2,1H3/t14-,17+,18+,20+/m0/s1. The molecule has 134 valence electrons. The van der Waals surface area contributed by atoms with Crippen molar-refractivity contribution in [2.75, 3.05) is 6.61 Å². The van der Waals surface area contributed by atoms with Crippen molar-refractivity contribution in [2.45, 2.75) is 25.8 Å². The number of esters is 1. The van der Waals surface area contributed by atoms with Gasteiger partial charge < -0.3 is 14.4 Å². The molecule has 4 atom stereocenters. The molecule has 2 aromatic rings. The van der Waals surface area contributed by atoms with E-state index in [4.69, 9.17) is 9.47 Å². The van der Waals surface area contributed by atoms with Crippen LogP contribution in [0.5, 0.6) is 0 Å². The van der Waals surface area contributed by atoms with Crippen LogP contribution in [0.2, 0.25) is 0 Å². The number of hydrogen-bond acceptors (Lipinski definition) is 4. The summed E-state index contributed by atoms with van der Waals surface area (Å²) < 4.78 is 11.3. The largest absolute Gasteiger partial charge is 0.460 e. The van der Waals surface area contributed by atoms with Crippen LogP contribution in [-0.2, 0) is 25.7 Å². The van der Waals surface area contributed by atoms with Crippen molar-refractivity contribution in [2.24, 2.45) is 11.8 Å².